The van der Waals surface area contributed by atoms with Crippen LogP contribution in [-0.4, -0.2) is 57.7 Å². The van der Waals surface area contributed by atoms with Crippen molar-refractivity contribution in [2.75, 3.05) is 31.1 Å². The summed E-state index contributed by atoms with van der Waals surface area (Å²) in [6.07, 6.45) is 4.15. The molecule has 2 aromatic heterocycles. The summed E-state index contributed by atoms with van der Waals surface area (Å²) in [5, 5.41) is 0. The molecule has 2 aliphatic heterocycles. The van der Waals surface area contributed by atoms with E-state index in [0.717, 1.165) is 51.1 Å². The van der Waals surface area contributed by atoms with Crippen LogP contribution in [0.4, 0.5) is 5.82 Å². The van der Waals surface area contributed by atoms with Gasteiger partial charge in [-0.2, -0.15) is 0 Å². The van der Waals surface area contributed by atoms with Crippen molar-refractivity contribution in [2.24, 2.45) is 5.92 Å². The molecule has 0 bridgehead atoms. The molecular formula is C23H25N5O2. The molecule has 7 nitrogen and oxygen atoms in total. The number of rotatable bonds is 4. The van der Waals surface area contributed by atoms with E-state index in [9.17, 15) is 9.59 Å². The number of amides is 1. The molecule has 154 valence electrons. The van der Waals surface area contributed by atoms with Gasteiger partial charge in [-0.25, -0.2) is 9.97 Å². The Labute approximate surface area is 175 Å². The Balaban J connectivity index is 1.35. The number of nitrogens with one attached hydrogen (secondary N) is 1. The Morgan fingerprint density at radius 1 is 0.933 bits per heavy atom. The van der Waals surface area contributed by atoms with E-state index in [-0.39, 0.29) is 17.6 Å². The number of carbonyl (C=O) groups excluding carboxylic acids is 2. The zero-order chi connectivity index (χ0) is 20.5. The van der Waals surface area contributed by atoms with Crippen LogP contribution >= 0.6 is 0 Å². The van der Waals surface area contributed by atoms with Gasteiger partial charge in [-0.3, -0.25) is 9.59 Å². The molecule has 4 heterocycles. The smallest absolute Gasteiger partial charge is 0.228 e. The van der Waals surface area contributed by atoms with Crippen LogP contribution in [0.1, 0.15) is 41.9 Å². The van der Waals surface area contributed by atoms with E-state index in [0.29, 0.717) is 29.1 Å². The van der Waals surface area contributed by atoms with E-state index in [2.05, 4.69) is 14.9 Å². The molecule has 1 unspecified atom stereocenters. The van der Waals surface area contributed by atoms with E-state index < -0.39 is 0 Å². The summed E-state index contributed by atoms with van der Waals surface area (Å²) >= 11 is 0. The van der Waals surface area contributed by atoms with Crippen LogP contribution in [0, 0.1) is 5.92 Å². The number of likely N-dealkylation sites (tertiary alicyclic amines) is 1. The molecule has 0 spiro atoms. The number of fused-ring (bicyclic) bond motifs is 1. The Bertz CT molecular complexity index is 1070. The molecule has 0 aliphatic carbocycles. The number of hydrogen-bond acceptors (Lipinski definition) is 5. The number of imidazole rings is 1. The highest BCUT2D eigenvalue weighted by molar-refractivity contribution is 6.07. The molecule has 1 atom stereocenters. The minimum absolute atomic E-state index is 0.0336. The van der Waals surface area contributed by atoms with Crippen LogP contribution in [0.2, 0.25) is 0 Å². The number of aromatic nitrogens is 3. The molecule has 30 heavy (non-hydrogen) atoms. The lowest BCUT2D eigenvalue weighted by molar-refractivity contribution is -0.134. The van der Waals surface area contributed by atoms with Crippen molar-refractivity contribution in [3.05, 3.63) is 53.9 Å². The van der Waals surface area contributed by atoms with Gasteiger partial charge in [-0.05, 0) is 37.8 Å². The lowest BCUT2D eigenvalue weighted by Crippen LogP contribution is -2.44. The topological polar surface area (TPSA) is 82.2 Å². The second-order valence-corrected chi connectivity index (χ2v) is 8.14. The predicted octanol–water partition coefficient (Wildman–Crippen LogP) is 3.03. The van der Waals surface area contributed by atoms with Crippen LogP contribution in [-0.2, 0) is 4.79 Å². The molecule has 1 amide bonds. The molecule has 0 radical (unpaired) electrons. The molecule has 7 heteroatoms. The van der Waals surface area contributed by atoms with Gasteiger partial charge in [0, 0.05) is 31.7 Å². The van der Waals surface area contributed by atoms with Gasteiger partial charge in [0.15, 0.2) is 11.5 Å². The minimum Gasteiger partial charge on any atom is -0.356 e. The zero-order valence-electron chi connectivity index (χ0n) is 16.9. The van der Waals surface area contributed by atoms with Crippen molar-refractivity contribution < 1.29 is 9.59 Å². The molecule has 1 N–H and O–H groups in total. The quantitative estimate of drug-likeness (QED) is 0.677. The largest absolute Gasteiger partial charge is 0.356 e. The number of pyridine rings is 1. The maximum Gasteiger partial charge on any atom is 0.228 e. The number of anilines is 1. The molecule has 5 rings (SSSR count). The third-order valence-electron chi connectivity index (χ3n) is 6.09. The van der Waals surface area contributed by atoms with Crippen LogP contribution < -0.4 is 4.90 Å². The molecular weight excluding hydrogens is 378 g/mol. The standard InChI is InChI=1S/C23H25N5O2/c29-20(16-7-2-1-3-8-16)22-24-18-10-11-19(25-21(18)26-22)28-14-6-9-17(15-28)23(30)27-12-4-5-13-27/h1-3,7-8,10-11,17H,4-6,9,12-15H2,(H,24,25,26). The fraction of sp³-hybridized carbons (Fsp3) is 0.391. The van der Waals surface area contributed by atoms with E-state index >= 15 is 0 Å². The number of carbonyl (C=O) groups is 2. The lowest BCUT2D eigenvalue weighted by atomic mass is 9.96. The van der Waals surface area contributed by atoms with E-state index in [4.69, 9.17) is 4.98 Å². The highest BCUT2D eigenvalue weighted by atomic mass is 16.2. The van der Waals surface area contributed by atoms with Gasteiger partial charge in [0.2, 0.25) is 11.7 Å². The predicted molar refractivity (Wildman–Crippen MR) is 115 cm³/mol. The van der Waals surface area contributed by atoms with E-state index in [1.165, 1.54) is 0 Å². The van der Waals surface area contributed by atoms with Crippen LogP contribution in [0.5, 0.6) is 0 Å². The summed E-state index contributed by atoms with van der Waals surface area (Å²) in [4.78, 5) is 41.9. The number of piperidine rings is 1. The van der Waals surface area contributed by atoms with Gasteiger partial charge in [0.05, 0.1) is 5.92 Å². The second-order valence-electron chi connectivity index (χ2n) is 8.14. The average Bonchev–Trinajstić information content (AvgIpc) is 3.48. The second kappa shape index (κ2) is 7.89. The average molecular weight is 403 g/mol. The Morgan fingerprint density at radius 2 is 1.73 bits per heavy atom. The van der Waals surface area contributed by atoms with Crippen molar-refractivity contribution in [2.45, 2.75) is 25.7 Å². The summed E-state index contributed by atoms with van der Waals surface area (Å²) in [6, 6.07) is 12.9. The number of hydrogen-bond donors (Lipinski definition) is 1. The summed E-state index contributed by atoms with van der Waals surface area (Å²) < 4.78 is 0. The Morgan fingerprint density at radius 3 is 2.53 bits per heavy atom. The first-order chi connectivity index (χ1) is 14.7. The van der Waals surface area contributed by atoms with Crippen molar-refractivity contribution in [1.82, 2.24) is 19.9 Å². The minimum atomic E-state index is -0.149. The lowest BCUT2D eigenvalue weighted by Gasteiger charge is -2.34. The van der Waals surface area contributed by atoms with E-state index in [1.54, 1.807) is 12.1 Å². The number of ketones is 1. The summed E-state index contributed by atoms with van der Waals surface area (Å²) in [5.74, 6) is 1.29. The monoisotopic (exact) mass is 403 g/mol. The van der Waals surface area contributed by atoms with E-state index in [1.807, 2.05) is 35.2 Å². The summed E-state index contributed by atoms with van der Waals surface area (Å²) in [5.41, 5.74) is 1.86. The van der Waals surface area contributed by atoms with Gasteiger partial charge >= 0.3 is 0 Å². The SMILES string of the molecule is O=C(c1ccccc1)c1nc2ccc(N3CCCC(C(=O)N4CCCC4)C3)nc2[nH]1. The maximum absolute atomic E-state index is 12.8. The number of benzene rings is 1. The van der Waals surface area contributed by atoms with Crippen molar-refractivity contribution >= 4 is 28.7 Å². The first-order valence-electron chi connectivity index (χ1n) is 10.7. The van der Waals surface area contributed by atoms with Crippen molar-refractivity contribution in [3.63, 3.8) is 0 Å². The number of nitrogens with zero attached hydrogens (tertiary/aromatic N) is 4. The van der Waals surface area contributed by atoms with Gasteiger partial charge < -0.3 is 14.8 Å². The first kappa shape index (κ1) is 18.8. The maximum atomic E-state index is 12.8. The van der Waals surface area contributed by atoms with Gasteiger partial charge in [0.25, 0.3) is 0 Å². The molecule has 2 fully saturated rings. The van der Waals surface area contributed by atoms with Gasteiger partial charge in [0.1, 0.15) is 11.3 Å². The highest BCUT2D eigenvalue weighted by Gasteiger charge is 2.31. The number of aromatic amines is 1. The zero-order valence-corrected chi connectivity index (χ0v) is 16.9. The molecule has 0 saturated carbocycles. The van der Waals surface area contributed by atoms with Gasteiger partial charge in [-0.1, -0.05) is 30.3 Å². The highest BCUT2D eigenvalue weighted by Crippen LogP contribution is 2.26. The number of H-pyrrole nitrogens is 1. The third-order valence-corrected chi connectivity index (χ3v) is 6.09. The van der Waals surface area contributed by atoms with Gasteiger partial charge in [-0.15, -0.1) is 0 Å². The summed E-state index contributed by atoms with van der Waals surface area (Å²) in [7, 11) is 0. The van der Waals surface area contributed by atoms with Crippen LogP contribution in [0.3, 0.4) is 0 Å². The molecule has 1 aromatic carbocycles. The Kier molecular flexibility index (Phi) is 4.94. The normalized spacial score (nSPS) is 19.4. The van der Waals surface area contributed by atoms with Crippen LogP contribution in [0.15, 0.2) is 42.5 Å². The molecule has 2 aliphatic rings. The first-order valence-corrected chi connectivity index (χ1v) is 10.7. The Hall–Kier alpha value is -3.22. The molecule has 3 aromatic rings. The fourth-order valence-electron chi connectivity index (χ4n) is 4.48. The molecule has 2 saturated heterocycles. The fourth-order valence-corrected chi connectivity index (χ4v) is 4.48. The summed E-state index contributed by atoms with van der Waals surface area (Å²) in [6.45, 7) is 3.36. The third kappa shape index (κ3) is 3.56. The van der Waals surface area contributed by atoms with Crippen molar-refractivity contribution in [1.29, 1.82) is 0 Å². The van der Waals surface area contributed by atoms with Crippen LogP contribution in [0.25, 0.3) is 11.2 Å². The van der Waals surface area contributed by atoms with Crippen molar-refractivity contribution in [3.8, 4) is 0 Å².